The number of amides is 2. The highest BCUT2D eigenvalue weighted by molar-refractivity contribution is 5.99. The van der Waals surface area contributed by atoms with Gasteiger partial charge in [0.2, 0.25) is 0 Å². The van der Waals surface area contributed by atoms with Crippen LogP contribution in [0.15, 0.2) is 84.9 Å². The number of aryl methyl sites for hydroxylation is 1. The van der Waals surface area contributed by atoms with Gasteiger partial charge in [0.15, 0.2) is 5.78 Å². The summed E-state index contributed by atoms with van der Waals surface area (Å²) in [7, 11) is 0. The summed E-state index contributed by atoms with van der Waals surface area (Å²) in [6.07, 6.45) is 3.09. The first-order valence-electron chi connectivity index (χ1n) is 16.3. The Kier molecular flexibility index (Phi) is 10.5. The van der Waals surface area contributed by atoms with Crippen LogP contribution in [0.4, 0.5) is 16.3 Å². The molecule has 0 bridgehead atoms. The van der Waals surface area contributed by atoms with Gasteiger partial charge in [0.05, 0.1) is 11.4 Å². The fourth-order valence-electron chi connectivity index (χ4n) is 6.02. The number of nitrogens with zero attached hydrogens (tertiary/aromatic N) is 2. The summed E-state index contributed by atoms with van der Waals surface area (Å²) >= 11 is 0. The van der Waals surface area contributed by atoms with Gasteiger partial charge in [-0.05, 0) is 75.0 Å². The van der Waals surface area contributed by atoms with E-state index in [4.69, 9.17) is 5.10 Å². The van der Waals surface area contributed by atoms with Crippen molar-refractivity contribution in [1.82, 2.24) is 15.1 Å². The molecule has 3 N–H and O–H groups in total. The quantitative estimate of drug-likeness (QED) is 0.148. The summed E-state index contributed by atoms with van der Waals surface area (Å²) in [6.45, 7) is 10.1. The van der Waals surface area contributed by atoms with Gasteiger partial charge in [0, 0.05) is 41.5 Å². The maximum absolute atomic E-state index is 13.6. The van der Waals surface area contributed by atoms with Crippen LogP contribution < -0.4 is 16.0 Å². The predicted octanol–water partition coefficient (Wildman–Crippen LogP) is 7.83. The summed E-state index contributed by atoms with van der Waals surface area (Å²) in [4.78, 5) is 39.4. The molecule has 1 aromatic heterocycles. The summed E-state index contributed by atoms with van der Waals surface area (Å²) in [6, 6.07) is 26.4. The molecule has 0 spiro atoms. The molecule has 0 radical (unpaired) electrons. The second-order valence-corrected chi connectivity index (χ2v) is 13.3. The number of nitrogens with one attached hydrogen (secondary N) is 3. The molecule has 240 valence electrons. The second kappa shape index (κ2) is 14.7. The number of anilines is 2. The molecule has 1 unspecified atom stereocenters. The van der Waals surface area contributed by atoms with E-state index < -0.39 is 0 Å². The molecule has 1 aliphatic heterocycles. The van der Waals surface area contributed by atoms with Crippen molar-refractivity contribution in [3.05, 3.63) is 107 Å². The first-order valence-corrected chi connectivity index (χ1v) is 16.3. The van der Waals surface area contributed by atoms with Crippen molar-refractivity contribution in [2.75, 3.05) is 23.7 Å². The largest absolute Gasteiger partial charge is 0.324 e. The monoisotopic (exact) mass is 619 g/mol. The Balaban J connectivity index is 1.26. The smallest absolute Gasteiger partial charge is 0.317 e. The molecule has 5 rings (SSSR count). The number of hydrogen-bond donors (Lipinski definition) is 3. The predicted molar refractivity (Wildman–Crippen MR) is 184 cm³/mol. The zero-order valence-corrected chi connectivity index (χ0v) is 27.3. The fraction of sp³-hybridized carbons (Fsp3) is 0.368. The number of urea groups is 1. The number of carbonyl (C=O) groups excluding carboxylic acids is 3. The van der Waals surface area contributed by atoms with Crippen molar-refractivity contribution in [1.29, 1.82) is 0 Å². The van der Waals surface area contributed by atoms with E-state index in [0.717, 1.165) is 48.4 Å². The van der Waals surface area contributed by atoms with Crippen molar-refractivity contribution < 1.29 is 14.4 Å². The highest BCUT2D eigenvalue weighted by Crippen LogP contribution is 2.34. The molecule has 8 heteroatoms. The fourth-order valence-corrected chi connectivity index (χ4v) is 6.02. The van der Waals surface area contributed by atoms with Crippen LogP contribution in [-0.2, 0) is 10.2 Å². The maximum Gasteiger partial charge on any atom is 0.324 e. The molecule has 1 atom stereocenters. The molecular formula is C38H45N5O3. The lowest BCUT2D eigenvalue weighted by molar-refractivity contribution is -0.122. The molecule has 4 aromatic rings. The lowest BCUT2D eigenvalue weighted by atomic mass is 9.77. The second-order valence-electron chi connectivity index (χ2n) is 13.3. The van der Waals surface area contributed by atoms with Gasteiger partial charge in [0.25, 0.3) is 0 Å². The van der Waals surface area contributed by atoms with Crippen LogP contribution >= 0.6 is 0 Å². The lowest BCUT2D eigenvalue weighted by Gasteiger charge is -2.30. The number of benzene rings is 3. The zero-order chi connectivity index (χ0) is 32.7. The Morgan fingerprint density at radius 3 is 2.22 bits per heavy atom. The van der Waals surface area contributed by atoms with Gasteiger partial charge in [-0.2, -0.15) is 5.10 Å². The van der Waals surface area contributed by atoms with Gasteiger partial charge < -0.3 is 10.6 Å². The number of Topliss-reactive ketones (excluding diaryl/α,β-unsaturated/α-hetero) is 2. The van der Waals surface area contributed by atoms with E-state index in [1.54, 1.807) is 4.68 Å². The average molecular weight is 620 g/mol. The Morgan fingerprint density at radius 2 is 1.57 bits per heavy atom. The van der Waals surface area contributed by atoms with E-state index in [1.165, 1.54) is 0 Å². The minimum atomic E-state index is -0.379. The SMILES string of the molecule is Cc1ccc(-n2nc(C(C)(C)C)cc2NC(=O)Nc2ccc(C(C(=O)CCCC(=O)c3ccccc3)C3CCNCC3)cc2)cc1. The van der Waals surface area contributed by atoms with Crippen LogP contribution in [0.2, 0.25) is 0 Å². The molecule has 1 saturated heterocycles. The van der Waals surface area contributed by atoms with E-state index in [-0.39, 0.29) is 34.8 Å². The summed E-state index contributed by atoms with van der Waals surface area (Å²) in [5.74, 6) is 0.809. The molecule has 2 heterocycles. The van der Waals surface area contributed by atoms with Gasteiger partial charge >= 0.3 is 6.03 Å². The van der Waals surface area contributed by atoms with E-state index in [2.05, 4.69) is 36.7 Å². The Bertz CT molecular complexity index is 1630. The molecule has 1 aliphatic rings. The van der Waals surface area contributed by atoms with Crippen LogP contribution in [0.1, 0.15) is 86.0 Å². The number of hydrogen-bond acceptors (Lipinski definition) is 5. The first-order chi connectivity index (χ1) is 22.1. The third-order valence-corrected chi connectivity index (χ3v) is 8.65. The molecule has 46 heavy (non-hydrogen) atoms. The van der Waals surface area contributed by atoms with E-state index in [1.807, 2.05) is 91.9 Å². The molecule has 8 nitrogen and oxygen atoms in total. The zero-order valence-electron chi connectivity index (χ0n) is 27.3. The van der Waals surface area contributed by atoms with Crippen LogP contribution in [0.3, 0.4) is 0 Å². The van der Waals surface area contributed by atoms with Crippen molar-refractivity contribution >= 4 is 29.1 Å². The van der Waals surface area contributed by atoms with Crippen molar-refractivity contribution in [3.8, 4) is 5.69 Å². The minimum absolute atomic E-state index is 0.0667. The molecule has 0 aliphatic carbocycles. The van der Waals surface area contributed by atoms with Gasteiger partial charge in [0.1, 0.15) is 11.6 Å². The van der Waals surface area contributed by atoms with Crippen LogP contribution in [0.25, 0.3) is 5.69 Å². The number of rotatable bonds is 11. The van der Waals surface area contributed by atoms with Gasteiger partial charge in [-0.3, -0.25) is 14.9 Å². The maximum atomic E-state index is 13.6. The van der Waals surface area contributed by atoms with Gasteiger partial charge in [-0.1, -0.05) is 80.9 Å². The first kappa shape index (κ1) is 32.8. The van der Waals surface area contributed by atoms with Gasteiger partial charge in [-0.15, -0.1) is 0 Å². The Morgan fingerprint density at radius 1 is 0.891 bits per heavy atom. The van der Waals surface area contributed by atoms with Crippen LogP contribution in [0.5, 0.6) is 0 Å². The van der Waals surface area contributed by atoms with Crippen molar-refractivity contribution in [2.45, 2.75) is 71.1 Å². The summed E-state index contributed by atoms with van der Waals surface area (Å²) in [5, 5.41) is 14.1. The van der Waals surface area contributed by atoms with E-state index in [0.29, 0.717) is 36.3 Å². The van der Waals surface area contributed by atoms with Crippen LogP contribution in [0, 0.1) is 12.8 Å². The molecule has 0 saturated carbocycles. The lowest BCUT2D eigenvalue weighted by Crippen LogP contribution is -2.33. The van der Waals surface area contributed by atoms with E-state index >= 15 is 0 Å². The third kappa shape index (κ3) is 8.37. The number of ketones is 2. The average Bonchev–Trinajstić information content (AvgIpc) is 3.47. The molecule has 2 amide bonds. The van der Waals surface area contributed by atoms with Crippen molar-refractivity contribution in [3.63, 3.8) is 0 Å². The highest BCUT2D eigenvalue weighted by Gasteiger charge is 2.30. The standard InChI is InChI=1S/C38H45N5O3/c1-26-13-19-31(20-14-26)43-35(25-34(42-43)38(2,3)4)41-37(46)40-30-17-15-28(16-18-30)36(29-21-23-39-24-22-29)33(45)12-8-11-32(44)27-9-6-5-7-10-27/h5-7,9-10,13-20,25,29,36,39H,8,11-12,21-24H2,1-4H3,(H2,40,41,46). The number of carbonyl (C=O) groups is 3. The third-order valence-electron chi connectivity index (χ3n) is 8.65. The number of piperidine rings is 1. The molecule has 3 aromatic carbocycles. The van der Waals surface area contributed by atoms with E-state index in [9.17, 15) is 14.4 Å². The van der Waals surface area contributed by atoms with Gasteiger partial charge in [-0.25, -0.2) is 9.48 Å². The molecular weight excluding hydrogens is 574 g/mol. The molecule has 1 fully saturated rings. The minimum Gasteiger partial charge on any atom is -0.317 e. The van der Waals surface area contributed by atoms with Crippen LogP contribution in [-0.4, -0.2) is 40.5 Å². The normalized spacial score (nSPS) is 14.4. The Labute approximate surface area is 272 Å². The summed E-state index contributed by atoms with van der Waals surface area (Å²) < 4.78 is 1.76. The topological polar surface area (TPSA) is 105 Å². The Hall–Kier alpha value is -4.56. The summed E-state index contributed by atoms with van der Waals surface area (Å²) in [5.41, 5.74) is 4.94. The highest BCUT2D eigenvalue weighted by atomic mass is 16.2. The number of aromatic nitrogens is 2. The van der Waals surface area contributed by atoms with Crippen molar-refractivity contribution in [2.24, 2.45) is 5.92 Å².